The Labute approximate surface area is 178 Å². The lowest BCUT2D eigenvalue weighted by Gasteiger charge is -2.43. The van der Waals surface area contributed by atoms with Crippen molar-refractivity contribution in [2.45, 2.75) is 0 Å². The summed E-state index contributed by atoms with van der Waals surface area (Å²) < 4.78 is 19.9. The Morgan fingerprint density at radius 1 is 1.07 bits per heavy atom. The number of aromatic nitrogens is 1. The summed E-state index contributed by atoms with van der Waals surface area (Å²) in [5.74, 6) is 0.762. The number of ether oxygens (including phenoxy) is 1. The molecule has 8 heteroatoms. The minimum atomic E-state index is -0.294. The summed E-state index contributed by atoms with van der Waals surface area (Å²) in [4.78, 5) is 23.7. The molecule has 2 fully saturated rings. The van der Waals surface area contributed by atoms with E-state index in [0.29, 0.717) is 18.6 Å². The van der Waals surface area contributed by atoms with E-state index in [9.17, 15) is 9.18 Å². The summed E-state index contributed by atoms with van der Waals surface area (Å²) in [5.41, 5.74) is 1.57. The molecule has 2 saturated heterocycles. The molecule has 30 heavy (non-hydrogen) atoms. The van der Waals surface area contributed by atoms with Crippen LogP contribution in [-0.4, -0.2) is 62.2 Å². The van der Waals surface area contributed by atoms with Gasteiger partial charge in [0.2, 0.25) is 5.91 Å². The molecule has 2 aliphatic rings. The molecular weight excluding hydrogens is 403 g/mol. The van der Waals surface area contributed by atoms with Crippen molar-refractivity contribution in [3.63, 3.8) is 0 Å². The van der Waals surface area contributed by atoms with Gasteiger partial charge in [-0.1, -0.05) is 17.4 Å². The number of rotatable bonds is 4. The second-order valence-electron chi connectivity index (χ2n) is 7.70. The van der Waals surface area contributed by atoms with Gasteiger partial charge in [0, 0.05) is 45.0 Å². The molecule has 0 atom stereocenters. The quantitative estimate of drug-likeness (QED) is 0.641. The van der Waals surface area contributed by atoms with Crippen molar-refractivity contribution in [2.24, 2.45) is 5.92 Å². The molecule has 6 nitrogen and oxygen atoms in total. The molecule has 0 bridgehead atoms. The Balaban J connectivity index is 1.15. The Hall–Kier alpha value is -2.87. The normalized spacial score (nSPS) is 17.3. The molecule has 0 saturated carbocycles. The molecule has 2 aliphatic heterocycles. The molecule has 0 radical (unpaired) electrons. The number of piperazine rings is 1. The molecule has 3 aromatic rings. The van der Waals surface area contributed by atoms with Gasteiger partial charge >= 0.3 is 0 Å². The molecule has 1 aromatic heterocycles. The van der Waals surface area contributed by atoms with Gasteiger partial charge < -0.3 is 19.4 Å². The summed E-state index contributed by atoms with van der Waals surface area (Å²) in [5, 5.41) is 0.795. The Kier molecular flexibility index (Phi) is 4.94. The van der Waals surface area contributed by atoms with Crippen LogP contribution in [0.2, 0.25) is 0 Å². The number of fused-ring (bicyclic) bond motifs is 1. The highest BCUT2D eigenvalue weighted by Crippen LogP contribution is 2.34. The van der Waals surface area contributed by atoms with Crippen LogP contribution in [-0.2, 0) is 4.79 Å². The third kappa shape index (κ3) is 3.45. The number of methoxy groups -OCH3 is 1. The lowest BCUT2D eigenvalue weighted by molar-refractivity contribution is -0.136. The molecule has 0 unspecified atom stereocenters. The van der Waals surface area contributed by atoms with Crippen molar-refractivity contribution >= 4 is 38.3 Å². The van der Waals surface area contributed by atoms with Crippen LogP contribution in [0.15, 0.2) is 42.5 Å². The second-order valence-corrected chi connectivity index (χ2v) is 8.70. The van der Waals surface area contributed by atoms with Crippen LogP contribution in [0.5, 0.6) is 5.75 Å². The van der Waals surface area contributed by atoms with Gasteiger partial charge in [0.05, 0.1) is 17.7 Å². The first-order valence-corrected chi connectivity index (χ1v) is 10.9. The molecule has 1 amide bonds. The zero-order valence-corrected chi connectivity index (χ0v) is 17.6. The van der Waals surface area contributed by atoms with Gasteiger partial charge in [-0.3, -0.25) is 4.79 Å². The predicted octanol–water partition coefficient (Wildman–Crippen LogP) is 3.23. The van der Waals surface area contributed by atoms with E-state index in [0.717, 1.165) is 47.4 Å². The predicted molar refractivity (Wildman–Crippen MR) is 117 cm³/mol. The van der Waals surface area contributed by atoms with Crippen molar-refractivity contribution in [1.29, 1.82) is 0 Å². The van der Waals surface area contributed by atoms with Crippen LogP contribution in [0.1, 0.15) is 0 Å². The number of carbonyl (C=O) groups excluding carboxylic acids is 1. The van der Waals surface area contributed by atoms with Crippen LogP contribution < -0.4 is 14.5 Å². The topological polar surface area (TPSA) is 48.9 Å². The summed E-state index contributed by atoms with van der Waals surface area (Å²) in [6, 6.07) is 13.0. The number of nitrogens with zero attached hydrogens (tertiary/aromatic N) is 4. The van der Waals surface area contributed by atoms with Crippen LogP contribution in [0.4, 0.5) is 15.2 Å². The van der Waals surface area contributed by atoms with Crippen molar-refractivity contribution < 1.29 is 13.9 Å². The monoisotopic (exact) mass is 426 g/mol. The lowest BCUT2D eigenvalue weighted by atomic mass is 9.99. The van der Waals surface area contributed by atoms with Crippen LogP contribution in [0, 0.1) is 11.7 Å². The number of amides is 1. The van der Waals surface area contributed by atoms with Gasteiger partial charge in [-0.15, -0.1) is 0 Å². The average molecular weight is 427 g/mol. The van der Waals surface area contributed by atoms with Gasteiger partial charge in [-0.2, -0.15) is 0 Å². The maximum Gasteiger partial charge on any atom is 0.229 e. The van der Waals surface area contributed by atoms with Gasteiger partial charge in [0.1, 0.15) is 17.1 Å². The third-order valence-corrected chi connectivity index (χ3v) is 6.97. The summed E-state index contributed by atoms with van der Waals surface area (Å²) >= 11 is 1.48. The molecule has 0 aliphatic carbocycles. The van der Waals surface area contributed by atoms with E-state index in [1.54, 1.807) is 13.2 Å². The molecule has 156 valence electrons. The number of benzene rings is 2. The first-order chi connectivity index (χ1) is 14.6. The van der Waals surface area contributed by atoms with E-state index < -0.39 is 0 Å². The largest absolute Gasteiger partial charge is 0.497 e. The van der Waals surface area contributed by atoms with Crippen LogP contribution in [0.3, 0.4) is 0 Å². The first kappa shape index (κ1) is 19.1. The van der Waals surface area contributed by atoms with Gasteiger partial charge in [-0.05, 0) is 36.4 Å². The highest BCUT2D eigenvalue weighted by molar-refractivity contribution is 7.22. The van der Waals surface area contributed by atoms with E-state index in [4.69, 9.17) is 4.74 Å². The lowest BCUT2D eigenvalue weighted by Crippen LogP contribution is -2.58. The van der Waals surface area contributed by atoms with Gasteiger partial charge in [0.15, 0.2) is 5.13 Å². The minimum absolute atomic E-state index is 0.00519. The number of thiazole rings is 1. The molecule has 3 heterocycles. The molecule has 2 aromatic carbocycles. The fourth-order valence-corrected chi connectivity index (χ4v) is 5.06. The van der Waals surface area contributed by atoms with E-state index in [2.05, 4.69) is 26.9 Å². The maximum absolute atomic E-state index is 13.9. The molecular formula is C22H23FN4O2S. The van der Waals surface area contributed by atoms with Crippen molar-refractivity contribution in [3.05, 3.63) is 48.3 Å². The number of para-hydroxylation sites is 1. The maximum atomic E-state index is 13.9. The number of carbonyl (C=O) groups is 1. The van der Waals surface area contributed by atoms with E-state index in [1.165, 1.54) is 17.4 Å². The van der Waals surface area contributed by atoms with Crippen LogP contribution in [0.25, 0.3) is 10.2 Å². The Bertz CT molecular complexity index is 1060. The summed E-state index contributed by atoms with van der Waals surface area (Å²) in [6.07, 6.45) is 0. The van der Waals surface area contributed by atoms with Crippen molar-refractivity contribution in [2.75, 3.05) is 56.2 Å². The summed E-state index contributed by atoms with van der Waals surface area (Å²) in [7, 11) is 1.66. The zero-order chi connectivity index (χ0) is 20.7. The zero-order valence-electron chi connectivity index (χ0n) is 16.8. The smallest absolute Gasteiger partial charge is 0.229 e. The minimum Gasteiger partial charge on any atom is -0.497 e. The first-order valence-electron chi connectivity index (χ1n) is 10.1. The number of halogens is 1. The highest BCUT2D eigenvalue weighted by Gasteiger charge is 2.37. The molecule has 0 N–H and O–H groups in total. The van der Waals surface area contributed by atoms with E-state index in [-0.39, 0.29) is 17.6 Å². The Morgan fingerprint density at radius 3 is 2.47 bits per heavy atom. The van der Waals surface area contributed by atoms with Crippen molar-refractivity contribution in [3.8, 4) is 5.75 Å². The van der Waals surface area contributed by atoms with E-state index in [1.807, 2.05) is 23.1 Å². The Morgan fingerprint density at radius 2 is 1.80 bits per heavy atom. The molecule has 5 rings (SSSR count). The average Bonchev–Trinajstić information content (AvgIpc) is 3.18. The van der Waals surface area contributed by atoms with E-state index >= 15 is 0 Å². The van der Waals surface area contributed by atoms with Crippen molar-refractivity contribution in [1.82, 2.24) is 9.88 Å². The number of hydrogen-bond donors (Lipinski definition) is 0. The standard InChI is InChI=1S/C22H23FN4O2S/c1-29-17-7-5-16(6-8-17)25-9-11-26(12-10-25)21(28)15-13-27(14-15)22-24-20-18(23)3-2-4-19(20)30-22/h2-8,15H,9-14H2,1H3. The number of anilines is 2. The molecule has 0 spiro atoms. The highest BCUT2D eigenvalue weighted by atomic mass is 32.1. The second kappa shape index (κ2) is 7.75. The fraction of sp³-hybridized carbons (Fsp3) is 0.364. The van der Waals surface area contributed by atoms with Crippen LogP contribution >= 0.6 is 11.3 Å². The fourth-order valence-electron chi connectivity index (χ4n) is 4.07. The summed E-state index contributed by atoms with van der Waals surface area (Å²) in [6.45, 7) is 4.41. The van der Waals surface area contributed by atoms with Gasteiger partial charge in [-0.25, -0.2) is 9.37 Å². The third-order valence-electron chi connectivity index (χ3n) is 5.89. The van der Waals surface area contributed by atoms with Gasteiger partial charge in [0.25, 0.3) is 0 Å². The number of hydrogen-bond acceptors (Lipinski definition) is 6. The SMILES string of the molecule is COc1ccc(N2CCN(C(=O)C3CN(c4nc5c(F)cccc5s4)C3)CC2)cc1.